The van der Waals surface area contributed by atoms with E-state index in [-0.39, 0.29) is 12.8 Å². The summed E-state index contributed by atoms with van der Waals surface area (Å²) >= 11 is 0. The van der Waals surface area contributed by atoms with Crippen molar-refractivity contribution < 1.29 is 47.8 Å². The molecule has 0 spiro atoms. The Hall–Kier alpha value is -2.85. The summed E-state index contributed by atoms with van der Waals surface area (Å²) in [6.07, 6.45) is 45.7. The second kappa shape index (κ2) is 39.4. The van der Waals surface area contributed by atoms with Gasteiger partial charge in [0.05, 0.1) is 26.4 Å². The number of allylic oxidation sites excluding steroid dienone is 14. The largest absolute Gasteiger partial charge is 0.472 e. The predicted molar refractivity (Wildman–Crippen MR) is 223 cm³/mol. The van der Waals surface area contributed by atoms with Crippen LogP contribution in [0.1, 0.15) is 142 Å². The molecule has 0 aliphatic carbocycles. The van der Waals surface area contributed by atoms with Crippen molar-refractivity contribution in [2.24, 2.45) is 0 Å². The standard InChI is InChI=1S/C44H73O10P/c1-3-5-7-9-11-13-15-17-18-19-20-21-22-24-26-28-30-32-34-36-44(48)54-42(38-46)40-52-55(49,50)51-39-41(37-45)53-43(47)35-33-31-29-27-25-23-16-14-12-10-8-6-4-2/h5,7,11,13-14,16-18,20-21,24,26,30,32,41-42,45-46H,3-4,6,8-10,12,15,19,22-23,25,27-29,31,33-40H2,1-2H3,(H,49,50)/b7-5-,13-11-,16-14-,18-17-,21-20-,26-24-,32-30-. The predicted octanol–water partition coefficient (Wildman–Crippen LogP) is 10.7. The first kappa shape index (κ1) is 52.2. The number of hydrogen-bond donors (Lipinski definition) is 3. The molecule has 0 heterocycles. The number of ether oxygens (including phenoxy) is 2. The first-order valence-electron chi connectivity index (χ1n) is 20.5. The molecule has 0 fully saturated rings. The molecule has 314 valence electrons. The lowest BCUT2D eigenvalue weighted by Crippen LogP contribution is -2.28. The molecule has 10 nitrogen and oxygen atoms in total. The van der Waals surface area contributed by atoms with Crippen molar-refractivity contribution in [1.29, 1.82) is 0 Å². The van der Waals surface area contributed by atoms with Gasteiger partial charge in [0.2, 0.25) is 0 Å². The number of phosphoric ester groups is 1. The number of hydrogen-bond acceptors (Lipinski definition) is 9. The van der Waals surface area contributed by atoms with E-state index in [9.17, 15) is 29.3 Å². The molecule has 0 aromatic heterocycles. The Morgan fingerprint density at radius 1 is 0.509 bits per heavy atom. The minimum absolute atomic E-state index is 0.0619. The van der Waals surface area contributed by atoms with Gasteiger partial charge < -0.3 is 24.6 Å². The van der Waals surface area contributed by atoms with Gasteiger partial charge in [0.25, 0.3) is 0 Å². The van der Waals surface area contributed by atoms with Crippen molar-refractivity contribution in [1.82, 2.24) is 0 Å². The highest BCUT2D eigenvalue weighted by molar-refractivity contribution is 7.47. The first-order valence-corrected chi connectivity index (χ1v) is 22.0. The van der Waals surface area contributed by atoms with Crippen LogP contribution < -0.4 is 0 Å². The normalized spacial score (nSPS) is 14.8. The summed E-state index contributed by atoms with van der Waals surface area (Å²) < 4.78 is 32.4. The smallest absolute Gasteiger partial charge is 0.457 e. The topological polar surface area (TPSA) is 149 Å². The van der Waals surface area contributed by atoms with Gasteiger partial charge in [0, 0.05) is 12.8 Å². The van der Waals surface area contributed by atoms with Crippen molar-refractivity contribution in [3.05, 3.63) is 85.1 Å². The number of aliphatic hydroxyl groups excluding tert-OH is 2. The number of esters is 2. The van der Waals surface area contributed by atoms with E-state index in [0.717, 1.165) is 77.0 Å². The number of unbranched alkanes of at least 4 members (excludes halogenated alkanes) is 9. The molecule has 0 rings (SSSR count). The third-order valence-electron chi connectivity index (χ3n) is 8.11. The van der Waals surface area contributed by atoms with E-state index in [1.54, 1.807) is 0 Å². The SMILES string of the molecule is CC/C=C\C/C=C\C/C=C\C/C=C\C/C=C\C/C=C\CCC(=O)OC(CO)COP(=O)(O)OCC(CO)OC(=O)CCCCCCC/C=C\CCCCCC. The highest BCUT2D eigenvalue weighted by atomic mass is 31.2. The third-order valence-corrected chi connectivity index (χ3v) is 9.06. The Balaban J connectivity index is 4.09. The molecule has 0 saturated carbocycles. The van der Waals surface area contributed by atoms with Gasteiger partial charge in [0.15, 0.2) is 0 Å². The van der Waals surface area contributed by atoms with E-state index >= 15 is 0 Å². The molecular formula is C44H73O10P. The third kappa shape index (κ3) is 37.8. The molecule has 0 radical (unpaired) electrons. The lowest BCUT2D eigenvalue weighted by Gasteiger charge is -2.20. The summed E-state index contributed by atoms with van der Waals surface area (Å²) in [7, 11) is -4.66. The quantitative estimate of drug-likeness (QED) is 0.0240. The summed E-state index contributed by atoms with van der Waals surface area (Å²) in [5, 5.41) is 19.1. The summed E-state index contributed by atoms with van der Waals surface area (Å²) in [6, 6.07) is 0. The van der Waals surface area contributed by atoms with Crippen LogP contribution in [0.5, 0.6) is 0 Å². The van der Waals surface area contributed by atoms with E-state index in [0.29, 0.717) is 12.8 Å². The number of rotatable bonds is 37. The first-order chi connectivity index (χ1) is 26.8. The van der Waals surface area contributed by atoms with Crippen LogP contribution in [0.15, 0.2) is 85.1 Å². The average molecular weight is 793 g/mol. The molecule has 0 aliphatic heterocycles. The summed E-state index contributed by atoms with van der Waals surface area (Å²) in [5.41, 5.74) is 0. The monoisotopic (exact) mass is 792 g/mol. The Morgan fingerprint density at radius 2 is 0.891 bits per heavy atom. The minimum Gasteiger partial charge on any atom is -0.457 e. The molecule has 0 aromatic carbocycles. The van der Waals surface area contributed by atoms with Gasteiger partial charge in [-0.2, -0.15) is 0 Å². The van der Waals surface area contributed by atoms with Crippen LogP contribution in [0.25, 0.3) is 0 Å². The molecule has 0 aliphatic rings. The second-order valence-corrected chi connectivity index (χ2v) is 14.7. The maximum Gasteiger partial charge on any atom is 0.472 e. The van der Waals surface area contributed by atoms with Gasteiger partial charge in [0.1, 0.15) is 12.2 Å². The van der Waals surface area contributed by atoms with Crippen molar-refractivity contribution in [2.45, 2.75) is 154 Å². The highest BCUT2D eigenvalue weighted by Gasteiger charge is 2.27. The van der Waals surface area contributed by atoms with Gasteiger partial charge in [-0.1, -0.05) is 137 Å². The highest BCUT2D eigenvalue weighted by Crippen LogP contribution is 2.43. The van der Waals surface area contributed by atoms with Crippen LogP contribution in [-0.2, 0) is 32.7 Å². The molecule has 55 heavy (non-hydrogen) atoms. The van der Waals surface area contributed by atoms with Gasteiger partial charge in [-0.3, -0.25) is 18.6 Å². The summed E-state index contributed by atoms with van der Waals surface area (Å²) in [6.45, 7) is 1.95. The number of carbonyl (C=O) groups excluding carboxylic acids is 2. The Morgan fingerprint density at radius 3 is 1.35 bits per heavy atom. The molecule has 0 aromatic rings. The van der Waals surface area contributed by atoms with Crippen LogP contribution in [-0.4, -0.2) is 65.7 Å². The van der Waals surface area contributed by atoms with Crippen LogP contribution in [0.4, 0.5) is 0 Å². The fraction of sp³-hybridized carbons (Fsp3) is 0.636. The van der Waals surface area contributed by atoms with Crippen LogP contribution in [0.2, 0.25) is 0 Å². The zero-order valence-corrected chi connectivity index (χ0v) is 34.7. The van der Waals surface area contributed by atoms with Gasteiger partial charge >= 0.3 is 19.8 Å². The van der Waals surface area contributed by atoms with Gasteiger partial charge in [-0.25, -0.2) is 4.57 Å². The van der Waals surface area contributed by atoms with Gasteiger partial charge in [-0.15, -0.1) is 0 Å². The van der Waals surface area contributed by atoms with Crippen LogP contribution in [0.3, 0.4) is 0 Å². The van der Waals surface area contributed by atoms with Crippen LogP contribution in [0, 0.1) is 0 Å². The Bertz CT molecular complexity index is 1190. The maximum atomic E-state index is 12.3. The van der Waals surface area contributed by atoms with Crippen molar-refractivity contribution in [2.75, 3.05) is 26.4 Å². The number of aliphatic hydroxyl groups is 2. The van der Waals surface area contributed by atoms with E-state index in [1.165, 1.54) is 25.7 Å². The van der Waals surface area contributed by atoms with Crippen LogP contribution >= 0.6 is 7.82 Å². The van der Waals surface area contributed by atoms with Crippen molar-refractivity contribution >= 4 is 19.8 Å². The average Bonchev–Trinajstić information content (AvgIpc) is 3.17. The van der Waals surface area contributed by atoms with Gasteiger partial charge in [-0.05, 0) is 77.0 Å². The summed E-state index contributed by atoms with van der Waals surface area (Å²) in [4.78, 5) is 34.4. The molecule has 0 saturated heterocycles. The summed E-state index contributed by atoms with van der Waals surface area (Å²) in [5.74, 6) is -1.12. The maximum absolute atomic E-state index is 12.3. The minimum atomic E-state index is -4.66. The fourth-order valence-electron chi connectivity index (χ4n) is 4.96. The molecule has 11 heteroatoms. The Labute approximate surface area is 332 Å². The fourth-order valence-corrected chi connectivity index (χ4v) is 5.74. The molecular weight excluding hydrogens is 719 g/mol. The van der Waals surface area contributed by atoms with Crippen molar-refractivity contribution in [3.63, 3.8) is 0 Å². The van der Waals surface area contributed by atoms with E-state index in [1.807, 2.05) is 18.2 Å². The molecule has 3 atom stereocenters. The molecule has 0 bridgehead atoms. The zero-order valence-electron chi connectivity index (χ0n) is 33.9. The van der Waals surface area contributed by atoms with Crippen molar-refractivity contribution in [3.8, 4) is 0 Å². The Kier molecular flexibility index (Phi) is 37.3. The van der Waals surface area contributed by atoms with E-state index in [4.69, 9.17) is 18.5 Å². The lowest BCUT2D eigenvalue weighted by atomic mass is 10.1. The molecule has 0 amide bonds. The van der Waals surface area contributed by atoms with E-state index in [2.05, 4.69) is 80.7 Å². The van der Waals surface area contributed by atoms with E-state index < -0.39 is 58.4 Å². The zero-order chi connectivity index (χ0) is 40.5. The number of phosphoric acid groups is 1. The molecule has 3 N–H and O–H groups in total. The molecule has 3 unspecified atom stereocenters. The second-order valence-electron chi connectivity index (χ2n) is 13.2. The number of carbonyl (C=O) groups is 2. The lowest BCUT2D eigenvalue weighted by molar-refractivity contribution is -0.153.